The molecule has 6 nitrogen and oxygen atoms in total. The highest BCUT2D eigenvalue weighted by molar-refractivity contribution is 7.89. The molecule has 3 aromatic rings. The molecule has 0 aliphatic carbocycles. The largest absolute Gasteiger partial charge is 0.324 e. The van der Waals surface area contributed by atoms with Gasteiger partial charge in [-0.15, -0.1) is 0 Å². The van der Waals surface area contributed by atoms with Crippen LogP contribution < -0.4 is 10.0 Å². The lowest BCUT2D eigenvalue weighted by Gasteiger charge is -2.36. The Morgan fingerprint density at radius 3 is 2.58 bits per heavy atom. The van der Waals surface area contributed by atoms with Gasteiger partial charge in [-0.1, -0.05) is 54.1 Å². The number of benzene rings is 3. The average molecular weight is 466 g/mol. The zero-order valence-electron chi connectivity index (χ0n) is 19.1. The number of sulfonamides is 1. The van der Waals surface area contributed by atoms with Crippen molar-refractivity contribution in [2.45, 2.75) is 37.6 Å². The van der Waals surface area contributed by atoms with Crippen LogP contribution in [0.25, 0.3) is 10.8 Å². The molecule has 0 aromatic heterocycles. The van der Waals surface area contributed by atoms with E-state index in [2.05, 4.69) is 14.9 Å². The van der Waals surface area contributed by atoms with Crippen LogP contribution in [0.3, 0.4) is 0 Å². The van der Waals surface area contributed by atoms with E-state index in [0.717, 1.165) is 41.4 Å². The van der Waals surface area contributed by atoms with Gasteiger partial charge in [0.1, 0.15) is 0 Å². The smallest absolute Gasteiger partial charge is 0.241 e. The molecule has 2 N–H and O–H groups in total. The highest BCUT2D eigenvalue weighted by Gasteiger charge is 2.28. The number of nitrogens with zero attached hydrogens (tertiary/aromatic N) is 1. The second-order valence-electron chi connectivity index (χ2n) is 8.86. The van der Waals surface area contributed by atoms with Crippen molar-refractivity contribution in [1.82, 2.24) is 9.62 Å². The van der Waals surface area contributed by atoms with Gasteiger partial charge in [0, 0.05) is 24.2 Å². The zero-order valence-corrected chi connectivity index (χ0v) is 19.9. The molecule has 174 valence electrons. The molecular formula is C26H31N3O3S. The van der Waals surface area contributed by atoms with Crippen molar-refractivity contribution in [1.29, 1.82) is 0 Å². The van der Waals surface area contributed by atoms with Crippen molar-refractivity contribution < 1.29 is 13.2 Å². The van der Waals surface area contributed by atoms with E-state index in [1.165, 1.54) is 0 Å². The Morgan fingerprint density at radius 1 is 1.06 bits per heavy atom. The molecule has 0 bridgehead atoms. The van der Waals surface area contributed by atoms with E-state index in [1.807, 2.05) is 56.3 Å². The van der Waals surface area contributed by atoms with Gasteiger partial charge in [0.15, 0.2) is 0 Å². The van der Waals surface area contributed by atoms with Gasteiger partial charge in [-0.2, -0.15) is 0 Å². The number of amides is 1. The molecule has 1 heterocycles. The maximum absolute atomic E-state index is 13.0. The van der Waals surface area contributed by atoms with Crippen LogP contribution in [0, 0.1) is 12.8 Å². The van der Waals surface area contributed by atoms with Crippen LogP contribution in [0.15, 0.2) is 71.6 Å². The number of hydrogen-bond donors (Lipinski definition) is 2. The van der Waals surface area contributed by atoms with Crippen molar-refractivity contribution >= 4 is 32.4 Å². The summed E-state index contributed by atoms with van der Waals surface area (Å²) in [4.78, 5) is 15.5. The maximum Gasteiger partial charge on any atom is 0.241 e. The normalized spacial score (nSPS) is 18.2. The average Bonchev–Trinajstić information content (AvgIpc) is 2.83. The maximum atomic E-state index is 13.0. The van der Waals surface area contributed by atoms with Crippen molar-refractivity contribution in [3.63, 3.8) is 0 Å². The second kappa shape index (κ2) is 10.0. The molecule has 1 amide bonds. The van der Waals surface area contributed by atoms with Gasteiger partial charge in [0.2, 0.25) is 15.9 Å². The van der Waals surface area contributed by atoms with E-state index in [-0.39, 0.29) is 22.8 Å². The quantitative estimate of drug-likeness (QED) is 0.549. The Labute approximate surface area is 196 Å². The Hall–Kier alpha value is -2.74. The summed E-state index contributed by atoms with van der Waals surface area (Å²) in [5, 5.41) is 5.19. The number of hydrogen-bond acceptors (Lipinski definition) is 4. The summed E-state index contributed by atoms with van der Waals surface area (Å²) < 4.78 is 28.0. The third-order valence-electron chi connectivity index (χ3n) is 6.42. The minimum Gasteiger partial charge on any atom is -0.324 e. The van der Waals surface area contributed by atoms with E-state index < -0.39 is 10.0 Å². The summed E-state index contributed by atoms with van der Waals surface area (Å²) in [6, 6.07) is 20.4. The van der Waals surface area contributed by atoms with Gasteiger partial charge in [-0.3, -0.25) is 9.69 Å². The summed E-state index contributed by atoms with van der Waals surface area (Å²) >= 11 is 0. The lowest BCUT2D eigenvalue weighted by molar-refractivity contribution is -0.121. The summed E-state index contributed by atoms with van der Waals surface area (Å²) in [5.41, 5.74) is 1.83. The number of rotatable bonds is 7. The number of carbonyl (C=O) groups is 1. The molecule has 4 rings (SSSR count). The summed E-state index contributed by atoms with van der Waals surface area (Å²) in [5.74, 6) is 0.110. The predicted octanol–water partition coefficient (Wildman–Crippen LogP) is 4.17. The molecule has 1 aliphatic heterocycles. The molecule has 1 saturated heterocycles. The first-order valence-corrected chi connectivity index (χ1v) is 12.9. The summed E-state index contributed by atoms with van der Waals surface area (Å²) in [6.07, 6.45) is 1.87. The molecule has 2 atom stereocenters. The summed E-state index contributed by atoms with van der Waals surface area (Å²) in [6.45, 7) is 5.72. The van der Waals surface area contributed by atoms with Gasteiger partial charge in [0.05, 0.1) is 10.9 Å². The Balaban J connectivity index is 1.36. The molecule has 3 aromatic carbocycles. The number of aryl methyl sites for hydroxylation is 1. The van der Waals surface area contributed by atoms with Crippen molar-refractivity contribution in [2.24, 2.45) is 5.92 Å². The fourth-order valence-corrected chi connectivity index (χ4v) is 5.50. The fraction of sp³-hybridized carbons (Fsp3) is 0.346. The van der Waals surface area contributed by atoms with Crippen LogP contribution in [-0.4, -0.2) is 44.9 Å². The summed E-state index contributed by atoms with van der Waals surface area (Å²) in [7, 11) is -3.54. The van der Waals surface area contributed by atoms with Gasteiger partial charge in [-0.25, -0.2) is 13.1 Å². The lowest BCUT2D eigenvalue weighted by atomic mass is 9.97. The van der Waals surface area contributed by atoms with Crippen LogP contribution in [0.4, 0.5) is 5.69 Å². The number of piperidine rings is 1. The molecule has 2 unspecified atom stereocenters. The van der Waals surface area contributed by atoms with Gasteiger partial charge in [0.25, 0.3) is 0 Å². The first-order chi connectivity index (χ1) is 15.8. The zero-order chi connectivity index (χ0) is 23.4. The monoisotopic (exact) mass is 465 g/mol. The topological polar surface area (TPSA) is 78.5 Å². The van der Waals surface area contributed by atoms with E-state index in [9.17, 15) is 13.2 Å². The van der Waals surface area contributed by atoms with Crippen LogP contribution in [0.5, 0.6) is 0 Å². The van der Waals surface area contributed by atoms with Crippen LogP contribution in [0.2, 0.25) is 0 Å². The molecule has 1 aliphatic rings. The van der Waals surface area contributed by atoms with Crippen molar-refractivity contribution in [2.75, 3.05) is 25.0 Å². The minimum absolute atomic E-state index is 0.0489. The van der Waals surface area contributed by atoms with Gasteiger partial charge >= 0.3 is 0 Å². The van der Waals surface area contributed by atoms with E-state index >= 15 is 0 Å². The third-order valence-corrected chi connectivity index (χ3v) is 7.86. The molecule has 33 heavy (non-hydrogen) atoms. The van der Waals surface area contributed by atoms with E-state index in [1.54, 1.807) is 24.3 Å². The molecule has 0 radical (unpaired) electrons. The Kier molecular flexibility index (Phi) is 7.12. The van der Waals surface area contributed by atoms with Crippen molar-refractivity contribution in [3.8, 4) is 0 Å². The van der Waals surface area contributed by atoms with Gasteiger partial charge < -0.3 is 5.32 Å². The standard InChI is InChI=1S/C26H31N3O3S/c1-19-12-14-23(15-13-19)33(31,32)27-17-21-7-6-16-29(18-21)20(2)26(30)28-25-11-5-9-22-8-3-4-10-24(22)25/h3-5,8-15,20-21,27H,6-7,16-18H2,1-2H3,(H,28,30). The minimum atomic E-state index is -3.54. The molecular weight excluding hydrogens is 434 g/mol. The molecule has 1 fully saturated rings. The highest BCUT2D eigenvalue weighted by atomic mass is 32.2. The van der Waals surface area contributed by atoms with Crippen molar-refractivity contribution in [3.05, 3.63) is 72.3 Å². The number of carbonyl (C=O) groups excluding carboxylic acids is 1. The molecule has 0 saturated carbocycles. The highest BCUT2D eigenvalue weighted by Crippen LogP contribution is 2.24. The Morgan fingerprint density at radius 2 is 1.79 bits per heavy atom. The fourth-order valence-electron chi connectivity index (χ4n) is 4.38. The van der Waals surface area contributed by atoms with Crippen LogP contribution in [-0.2, 0) is 14.8 Å². The molecule has 0 spiro atoms. The van der Waals surface area contributed by atoms with E-state index in [4.69, 9.17) is 0 Å². The van der Waals surface area contributed by atoms with Crippen LogP contribution in [0.1, 0.15) is 25.3 Å². The first kappa shape index (κ1) is 23.4. The number of likely N-dealkylation sites (tertiary alicyclic amines) is 1. The SMILES string of the molecule is Cc1ccc(S(=O)(=O)NCC2CCCN(C(C)C(=O)Nc3cccc4ccccc34)C2)cc1. The predicted molar refractivity (Wildman–Crippen MR) is 133 cm³/mol. The number of nitrogens with one attached hydrogen (secondary N) is 2. The van der Waals surface area contributed by atoms with E-state index in [0.29, 0.717) is 13.1 Å². The second-order valence-corrected chi connectivity index (χ2v) is 10.6. The Bertz CT molecular complexity index is 1220. The van der Waals surface area contributed by atoms with Crippen LogP contribution >= 0.6 is 0 Å². The first-order valence-electron chi connectivity index (χ1n) is 11.4. The molecule has 7 heteroatoms. The number of fused-ring (bicyclic) bond motifs is 1. The third kappa shape index (κ3) is 5.61. The number of anilines is 1. The lowest BCUT2D eigenvalue weighted by Crippen LogP contribution is -2.48. The van der Waals surface area contributed by atoms with Gasteiger partial charge in [-0.05, 0) is 62.7 Å².